The molecule has 0 saturated carbocycles. The van der Waals surface area contributed by atoms with Gasteiger partial charge in [0, 0.05) is 18.5 Å². The Bertz CT molecular complexity index is 557. The van der Waals surface area contributed by atoms with Gasteiger partial charge in [-0.1, -0.05) is 6.07 Å². The van der Waals surface area contributed by atoms with Gasteiger partial charge in [0.15, 0.2) is 0 Å². The summed E-state index contributed by atoms with van der Waals surface area (Å²) in [5.74, 6) is -0.227. The number of benzene rings is 1. The zero-order chi connectivity index (χ0) is 15.6. The van der Waals surface area contributed by atoms with Gasteiger partial charge in [-0.15, -0.1) is 0 Å². The summed E-state index contributed by atoms with van der Waals surface area (Å²) < 4.78 is 9.90. The Balaban J connectivity index is 2.27. The summed E-state index contributed by atoms with van der Waals surface area (Å²) >= 11 is 0. The average molecular weight is 293 g/mol. The predicted octanol–water partition coefficient (Wildman–Crippen LogP) is 0.752. The Morgan fingerprint density at radius 1 is 1.33 bits per heavy atom. The maximum Gasteiger partial charge on any atom is 0.328 e. The van der Waals surface area contributed by atoms with Crippen LogP contribution in [0.25, 0.3) is 0 Å². The zero-order valence-corrected chi connectivity index (χ0v) is 12.3. The van der Waals surface area contributed by atoms with Crippen LogP contribution in [-0.4, -0.2) is 54.8 Å². The number of aryl methyl sites for hydroxylation is 1. The first kappa shape index (κ1) is 15.3. The Kier molecular flexibility index (Phi) is 4.47. The van der Waals surface area contributed by atoms with E-state index in [2.05, 4.69) is 0 Å². The van der Waals surface area contributed by atoms with Crippen molar-refractivity contribution in [3.05, 3.63) is 29.3 Å². The maximum atomic E-state index is 12.6. The molecule has 6 heteroatoms. The van der Waals surface area contributed by atoms with Crippen LogP contribution in [0.4, 0.5) is 0 Å². The molecule has 114 valence electrons. The van der Waals surface area contributed by atoms with E-state index < -0.39 is 18.1 Å². The van der Waals surface area contributed by atoms with Gasteiger partial charge in [0.2, 0.25) is 0 Å². The number of aliphatic hydroxyl groups excluding tert-OH is 1. The highest BCUT2D eigenvalue weighted by atomic mass is 16.5. The van der Waals surface area contributed by atoms with Gasteiger partial charge < -0.3 is 19.5 Å². The fraction of sp³-hybridized carbons (Fsp3) is 0.467. The molecule has 0 aromatic heterocycles. The normalized spacial score (nSPS) is 21.2. The van der Waals surface area contributed by atoms with E-state index in [4.69, 9.17) is 9.47 Å². The second kappa shape index (κ2) is 6.13. The molecule has 1 aromatic rings. The number of amides is 1. The molecule has 1 aliphatic rings. The Morgan fingerprint density at radius 2 is 2.05 bits per heavy atom. The molecular weight excluding hydrogens is 274 g/mol. The third-order valence-electron chi connectivity index (χ3n) is 3.67. The van der Waals surface area contributed by atoms with Crippen LogP contribution >= 0.6 is 0 Å². The topological polar surface area (TPSA) is 76.1 Å². The molecule has 1 aliphatic heterocycles. The fourth-order valence-corrected chi connectivity index (χ4v) is 2.52. The van der Waals surface area contributed by atoms with Crippen LogP contribution in [0.15, 0.2) is 18.2 Å². The van der Waals surface area contributed by atoms with E-state index in [1.165, 1.54) is 19.1 Å². The third kappa shape index (κ3) is 3.00. The summed E-state index contributed by atoms with van der Waals surface area (Å²) in [5.41, 5.74) is 1.33. The first-order valence-electron chi connectivity index (χ1n) is 6.69. The molecule has 1 aromatic carbocycles. The minimum Gasteiger partial charge on any atom is -0.496 e. The Morgan fingerprint density at radius 3 is 2.67 bits per heavy atom. The molecule has 0 radical (unpaired) electrons. The Labute approximate surface area is 123 Å². The van der Waals surface area contributed by atoms with E-state index in [0.717, 1.165) is 5.56 Å². The molecular formula is C15H19NO5. The lowest BCUT2D eigenvalue weighted by molar-refractivity contribution is -0.145. The first-order valence-corrected chi connectivity index (χ1v) is 6.69. The SMILES string of the molecule is COC(=O)C1CC(O)CN1C(=O)c1ccc(C)c(OC)c1. The minimum atomic E-state index is -0.746. The molecule has 2 atom stereocenters. The largest absolute Gasteiger partial charge is 0.496 e. The van der Waals surface area contributed by atoms with Gasteiger partial charge in [0.25, 0.3) is 5.91 Å². The van der Waals surface area contributed by atoms with Crippen molar-refractivity contribution in [2.45, 2.75) is 25.5 Å². The number of nitrogens with zero attached hydrogens (tertiary/aromatic N) is 1. The van der Waals surface area contributed by atoms with Crippen molar-refractivity contribution in [2.24, 2.45) is 0 Å². The molecule has 6 nitrogen and oxygen atoms in total. The highest BCUT2D eigenvalue weighted by molar-refractivity contribution is 5.97. The number of esters is 1. The van der Waals surface area contributed by atoms with E-state index >= 15 is 0 Å². The number of methoxy groups -OCH3 is 2. The van der Waals surface area contributed by atoms with Crippen LogP contribution < -0.4 is 4.74 Å². The van der Waals surface area contributed by atoms with Gasteiger partial charge in [-0.3, -0.25) is 4.79 Å². The lowest BCUT2D eigenvalue weighted by atomic mass is 10.1. The molecule has 1 heterocycles. The van der Waals surface area contributed by atoms with Gasteiger partial charge in [-0.25, -0.2) is 4.79 Å². The predicted molar refractivity (Wildman–Crippen MR) is 75.2 cm³/mol. The van der Waals surface area contributed by atoms with Crippen molar-refractivity contribution in [3.63, 3.8) is 0 Å². The van der Waals surface area contributed by atoms with Crippen molar-refractivity contribution in [3.8, 4) is 5.75 Å². The molecule has 1 amide bonds. The molecule has 0 aliphatic carbocycles. The van der Waals surface area contributed by atoms with Gasteiger partial charge in [0.05, 0.1) is 20.3 Å². The summed E-state index contributed by atoms with van der Waals surface area (Å²) in [7, 11) is 2.80. The van der Waals surface area contributed by atoms with Gasteiger partial charge in [0.1, 0.15) is 11.8 Å². The van der Waals surface area contributed by atoms with Crippen molar-refractivity contribution in [1.82, 2.24) is 4.90 Å². The summed E-state index contributed by atoms with van der Waals surface area (Å²) in [5, 5.41) is 9.73. The van der Waals surface area contributed by atoms with Crippen molar-refractivity contribution in [1.29, 1.82) is 0 Å². The fourth-order valence-electron chi connectivity index (χ4n) is 2.52. The lowest BCUT2D eigenvalue weighted by Gasteiger charge is -2.22. The minimum absolute atomic E-state index is 0.120. The van der Waals surface area contributed by atoms with Crippen LogP contribution in [0.3, 0.4) is 0 Å². The molecule has 2 unspecified atom stereocenters. The molecule has 1 saturated heterocycles. The van der Waals surface area contributed by atoms with E-state index in [9.17, 15) is 14.7 Å². The number of hydrogen-bond acceptors (Lipinski definition) is 5. The smallest absolute Gasteiger partial charge is 0.328 e. The number of ether oxygens (including phenoxy) is 2. The third-order valence-corrected chi connectivity index (χ3v) is 3.67. The number of aliphatic hydroxyl groups is 1. The first-order chi connectivity index (χ1) is 9.97. The van der Waals surface area contributed by atoms with E-state index in [1.54, 1.807) is 18.2 Å². The number of β-amino-alcohol motifs (C(OH)–C–C–N with tert-alkyl or cyclic N) is 1. The molecule has 1 fully saturated rings. The summed E-state index contributed by atoms with van der Waals surface area (Å²) in [6.45, 7) is 2.00. The highest BCUT2D eigenvalue weighted by Crippen LogP contribution is 2.24. The van der Waals surface area contributed by atoms with Crippen molar-refractivity contribution >= 4 is 11.9 Å². The molecule has 0 spiro atoms. The number of carbonyl (C=O) groups excluding carboxylic acids is 2. The van der Waals surface area contributed by atoms with Gasteiger partial charge in [-0.05, 0) is 24.6 Å². The monoisotopic (exact) mass is 293 g/mol. The zero-order valence-electron chi connectivity index (χ0n) is 12.3. The quantitative estimate of drug-likeness (QED) is 0.832. The molecule has 21 heavy (non-hydrogen) atoms. The Hall–Kier alpha value is -2.08. The second-order valence-corrected chi connectivity index (χ2v) is 5.07. The van der Waals surface area contributed by atoms with Gasteiger partial charge in [-0.2, -0.15) is 0 Å². The van der Waals surface area contributed by atoms with Crippen LogP contribution in [0.1, 0.15) is 22.3 Å². The van der Waals surface area contributed by atoms with Crippen LogP contribution in [-0.2, 0) is 9.53 Å². The molecule has 2 rings (SSSR count). The highest BCUT2D eigenvalue weighted by Gasteiger charge is 2.40. The molecule has 0 bridgehead atoms. The van der Waals surface area contributed by atoms with E-state index in [0.29, 0.717) is 11.3 Å². The standard InChI is InChI=1S/C15H19NO5/c1-9-4-5-10(6-13(9)20-2)14(18)16-8-11(17)7-12(16)15(19)21-3/h4-6,11-12,17H,7-8H2,1-3H3. The number of hydrogen-bond donors (Lipinski definition) is 1. The summed E-state index contributed by atoms with van der Waals surface area (Å²) in [6.07, 6.45) is -0.521. The summed E-state index contributed by atoms with van der Waals surface area (Å²) in [4.78, 5) is 25.6. The van der Waals surface area contributed by atoms with Crippen LogP contribution in [0.5, 0.6) is 5.75 Å². The number of likely N-dealkylation sites (tertiary alicyclic amines) is 1. The van der Waals surface area contributed by atoms with Crippen LogP contribution in [0, 0.1) is 6.92 Å². The molecule has 1 N–H and O–H groups in total. The van der Waals surface area contributed by atoms with Crippen molar-refractivity contribution in [2.75, 3.05) is 20.8 Å². The van der Waals surface area contributed by atoms with Gasteiger partial charge >= 0.3 is 5.97 Å². The number of rotatable bonds is 3. The average Bonchev–Trinajstić information content (AvgIpc) is 2.88. The van der Waals surface area contributed by atoms with E-state index in [1.807, 2.05) is 6.92 Å². The second-order valence-electron chi connectivity index (χ2n) is 5.07. The van der Waals surface area contributed by atoms with Crippen molar-refractivity contribution < 1.29 is 24.2 Å². The maximum absolute atomic E-state index is 12.6. The number of carbonyl (C=O) groups is 2. The van der Waals surface area contributed by atoms with E-state index in [-0.39, 0.29) is 18.9 Å². The summed E-state index contributed by atoms with van der Waals surface area (Å²) in [6, 6.07) is 4.35. The lowest BCUT2D eigenvalue weighted by Crippen LogP contribution is -2.41. The van der Waals surface area contributed by atoms with Crippen LogP contribution in [0.2, 0.25) is 0 Å².